The van der Waals surface area contributed by atoms with Gasteiger partial charge in [-0.15, -0.1) is 11.6 Å². The zero-order chi connectivity index (χ0) is 17.1. The van der Waals surface area contributed by atoms with Crippen LogP contribution in [-0.2, 0) is 16.1 Å². The van der Waals surface area contributed by atoms with Gasteiger partial charge in [0.2, 0.25) is 0 Å². The molecule has 1 aromatic carbocycles. The Balaban J connectivity index is 2.22. The van der Waals surface area contributed by atoms with E-state index >= 15 is 0 Å². The van der Waals surface area contributed by atoms with Crippen molar-refractivity contribution >= 4 is 29.4 Å². The lowest BCUT2D eigenvalue weighted by atomic mass is 10.0. The Labute approximate surface area is 141 Å². The molecule has 0 aromatic heterocycles. The van der Waals surface area contributed by atoms with Gasteiger partial charge < -0.3 is 10.5 Å². The molecule has 1 amide bonds. The lowest BCUT2D eigenvalue weighted by molar-refractivity contribution is -0.120. The monoisotopic (exact) mass is 339 g/mol. The number of hydrogen-bond donors (Lipinski definition) is 2. The predicted octanol–water partition coefficient (Wildman–Crippen LogP) is 2.45. The van der Waals surface area contributed by atoms with Crippen LogP contribution in [0.4, 0.5) is 4.79 Å². The van der Waals surface area contributed by atoms with Crippen LogP contribution in [0.5, 0.6) is 0 Å². The number of ether oxygens (including phenoxy) is 1. The van der Waals surface area contributed by atoms with Crippen molar-refractivity contribution < 1.29 is 14.3 Å². The van der Waals surface area contributed by atoms with Gasteiger partial charge in [0.15, 0.2) is 5.96 Å². The van der Waals surface area contributed by atoms with Gasteiger partial charge in [0.05, 0.1) is 5.88 Å². The first-order valence-electron chi connectivity index (χ1n) is 7.39. The van der Waals surface area contributed by atoms with Crippen molar-refractivity contribution in [2.24, 2.45) is 16.6 Å². The first-order chi connectivity index (χ1) is 11.0. The van der Waals surface area contributed by atoms with Crippen molar-refractivity contribution in [3.05, 3.63) is 35.9 Å². The SMILES string of the molecule is C[C@@H](CCCN=C(N)NC(=O)OCc1ccccc1)C(=O)CCl. The van der Waals surface area contributed by atoms with E-state index in [1.54, 1.807) is 0 Å². The number of carbonyl (C=O) groups excluding carboxylic acids is 2. The minimum Gasteiger partial charge on any atom is -0.444 e. The van der Waals surface area contributed by atoms with Crippen molar-refractivity contribution in [1.82, 2.24) is 5.32 Å². The van der Waals surface area contributed by atoms with Gasteiger partial charge in [-0.2, -0.15) is 0 Å². The van der Waals surface area contributed by atoms with E-state index in [1.807, 2.05) is 37.3 Å². The van der Waals surface area contributed by atoms with Gasteiger partial charge in [0.25, 0.3) is 0 Å². The first-order valence-corrected chi connectivity index (χ1v) is 7.92. The van der Waals surface area contributed by atoms with Gasteiger partial charge in [-0.25, -0.2) is 4.79 Å². The molecule has 0 heterocycles. The second-order valence-electron chi connectivity index (χ2n) is 5.10. The smallest absolute Gasteiger partial charge is 0.414 e. The fourth-order valence-electron chi connectivity index (χ4n) is 1.79. The topological polar surface area (TPSA) is 93.8 Å². The number of aliphatic imine (C=N–C) groups is 1. The molecule has 0 unspecified atom stereocenters. The number of benzene rings is 1. The molecule has 1 atom stereocenters. The Morgan fingerprint density at radius 3 is 2.70 bits per heavy atom. The van der Waals surface area contributed by atoms with Crippen LogP contribution >= 0.6 is 11.6 Å². The summed E-state index contributed by atoms with van der Waals surface area (Å²) in [4.78, 5) is 26.9. The molecule has 3 N–H and O–H groups in total. The lowest BCUT2D eigenvalue weighted by Gasteiger charge is -2.08. The summed E-state index contributed by atoms with van der Waals surface area (Å²) in [6.45, 7) is 2.42. The minimum absolute atomic E-state index is 0.000570. The number of alkyl halides is 1. The number of rotatable bonds is 8. The average molecular weight is 340 g/mol. The molecule has 6 nitrogen and oxygen atoms in total. The summed E-state index contributed by atoms with van der Waals surface area (Å²) in [6.07, 6.45) is 0.715. The number of alkyl carbamates (subject to hydrolysis) is 1. The summed E-state index contributed by atoms with van der Waals surface area (Å²) in [5.41, 5.74) is 6.48. The number of hydrogen-bond acceptors (Lipinski definition) is 4. The van der Waals surface area contributed by atoms with E-state index in [1.165, 1.54) is 0 Å². The maximum Gasteiger partial charge on any atom is 0.414 e. The normalized spacial score (nSPS) is 12.5. The number of carbonyl (C=O) groups is 2. The Bertz CT molecular complexity index is 535. The van der Waals surface area contributed by atoms with E-state index in [2.05, 4.69) is 10.3 Å². The van der Waals surface area contributed by atoms with Crippen LogP contribution in [0.2, 0.25) is 0 Å². The van der Waals surface area contributed by atoms with Crippen molar-refractivity contribution in [2.75, 3.05) is 12.4 Å². The van der Waals surface area contributed by atoms with Gasteiger partial charge >= 0.3 is 6.09 Å². The highest BCUT2D eigenvalue weighted by molar-refractivity contribution is 6.27. The molecule has 1 rings (SSSR count). The molecule has 23 heavy (non-hydrogen) atoms. The summed E-state index contributed by atoms with van der Waals surface area (Å²) in [5, 5.41) is 2.35. The molecule has 0 radical (unpaired) electrons. The molecule has 0 aliphatic rings. The van der Waals surface area contributed by atoms with E-state index in [0.717, 1.165) is 5.56 Å². The van der Waals surface area contributed by atoms with Crippen LogP contribution in [0.25, 0.3) is 0 Å². The number of nitrogens with one attached hydrogen (secondary N) is 1. The van der Waals surface area contributed by atoms with Gasteiger partial charge in [-0.05, 0) is 18.4 Å². The van der Waals surface area contributed by atoms with Gasteiger partial charge in [-0.3, -0.25) is 15.1 Å². The van der Waals surface area contributed by atoms with Crippen molar-refractivity contribution in [3.8, 4) is 0 Å². The predicted molar refractivity (Wildman–Crippen MR) is 90.4 cm³/mol. The van der Waals surface area contributed by atoms with Crippen molar-refractivity contribution in [2.45, 2.75) is 26.4 Å². The summed E-state index contributed by atoms with van der Waals surface area (Å²) in [7, 11) is 0. The molecule has 0 saturated carbocycles. The number of Topliss-reactive ketones (excluding diaryl/α,β-unsaturated/α-hetero) is 1. The van der Waals surface area contributed by atoms with Crippen LogP contribution < -0.4 is 11.1 Å². The Kier molecular flexibility index (Phi) is 8.75. The van der Waals surface area contributed by atoms with E-state index in [-0.39, 0.29) is 30.1 Å². The lowest BCUT2D eigenvalue weighted by Crippen LogP contribution is -2.37. The van der Waals surface area contributed by atoms with Gasteiger partial charge in [0, 0.05) is 12.5 Å². The zero-order valence-corrected chi connectivity index (χ0v) is 13.9. The standard InChI is InChI=1S/C16H22ClN3O3/c1-12(14(21)10-17)6-5-9-19-15(18)20-16(22)23-11-13-7-3-2-4-8-13/h2-4,7-8,12H,5-6,9-11H2,1H3,(H3,18,19,20,22)/t12-/m0/s1. The Morgan fingerprint density at radius 2 is 2.04 bits per heavy atom. The minimum atomic E-state index is -0.652. The summed E-state index contributed by atoms with van der Waals surface area (Å²) in [6, 6.07) is 9.32. The number of nitrogens with zero attached hydrogens (tertiary/aromatic N) is 1. The summed E-state index contributed by atoms with van der Waals surface area (Å²) >= 11 is 5.48. The molecular weight excluding hydrogens is 318 g/mol. The second-order valence-corrected chi connectivity index (χ2v) is 5.36. The maximum absolute atomic E-state index is 11.5. The van der Waals surface area contributed by atoms with E-state index < -0.39 is 6.09 Å². The third-order valence-corrected chi connectivity index (χ3v) is 3.47. The molecule has 1 aromatic rings. The number of halogens is 1. The molecule has 7 heteroatoms. The Hall–Kier alpha value is -2.08. The van der Waals surface area contributed by atoms with Crippen molar-refractivity contribution in [3.63, 3.8) is 0 Å². The van der Waals surface area contributed by atoms with Crippen LogP contribution in [0.15, 0.2) is 35.3 Å². The first kappa shape index (κ1) is 19.0. The molecular formula is C16H22ClN3O3. The molecule has 0 aliphatic carbocycles. The van der Waals surface area contributed by atoms with Crippen molar-refractivity contribution in [1.29, 1.82) is 0 Å². The largest absolute Gasteiger partial charge is 0.444 e. The highest BCUT2D eigenvalue weighted by atomic mass is 35.5. The van der Waals surface area contributed by atoms with Crippen LogP contribution in [0.3, 0.4) is 0 Å². The van der Waals surface area contributed by atoms with E-state index in [4.69, 9.17) is 22.1 Å². The molecule has 0 spiro atoms. The summed E-state index contributed by atoms with van der Waals surface area (Å²) in [5.74, 6) is -0.0418. The fourth-order valence-corrected chi connectivity index (χ4v) is 2.06. The number of amides is 1. The molecule has 0 bridgehead atoms. The summed E-state index contributed by atoms with van der Waals surface area (Å²) < 4.78 is 5.02. The van der Waals surface area contributed by atoms with Crippen LogP contribution in [0, 0.1) is 5.92 Å². The third kappa shape index (κ3) is 8.21. The number of nitrogens with two attached hydrogens (primary N) is 1. The van der Waals surface area contributed by atoms with E-state index in [0.29, 0.717) is 19.4 Å². The molecule has 0 saturated heterocycles. The highest BCUT2D eigenvalue weighted by Crippen LogP contribution is 2.07. The van der Waals surface area contributed by atoms with Crippen LogP contribution in [0.1, 0.15) is 25.3 Å². The van der Waals surface area contributed by atoms with Crippen LogP contribution in [-0.4, -0.2) is 30.3 Å². The molecule has 0 fully saturated rings. The number of ketones is 1. The Morgan fingerprint density at radius 1 is 1.35 bits per heavy atom. The number of guanidine groups is 1. The highest BCUT2D eigenvalue weighted by Gasteiger charge is 2.10. The quantitative estimate of drug-likeness (QED) is 0.329. The zero-order valence-electron chi connectivity index (χ0n) is 13.1. The maximum atomic E-state index is 11.5. The third-order valence-electron chi connectivity index (χ3n) is 3.20. The average Bonchev–Trinajstić information content (AvgIpc) is 2.56. The fraction of sp³-hybridized carbons (Fsp3) is 0.438. The van der Waals surface area contributed by atoms with Gasteiger partial charge in [0.1, 0.15) is 12.4 Å². The van der Waals surface area contributed by atoms with Gasteiger partial charge in [-0.1, -0.05) is 37.3 Å². The molecule has 0 aliphatic heterocycles. The van der Waals surface area contributed by atoms with E-state index in [9.17, 15) is 9.59 Å². The second kappa shape index (κ2) is 10.6. The molecule has 126 valence electrons.